The van der Waals surface area contributed by atoms with E-state index in [2.05, 4.69) is 58.8 Å². The molecule has 5 aromatic heterocycles. The first-order chi connectivity index (χ1) is 31.6. The summed E-state index contributed by atoms with van der Waals surface area (Å²) in [6.07, 6.45) is 8.60. The van der Waals surface area contributed by atoms with Gasteiger partial charge in [0.1, 0.15) is 22.9 Å². The first-order valence-corrected chi connectivity index (χ1v) is 22.6. The lowest BCUT2D eigenvalue weighted by atomic mass is 9.83. The van der Waals surface area contributed by atoms with Crippen molar-refractivity contribution in [3.8, 4) is 17.2 Å². The van der Waals surface area contributed by atoms with E-state index in [0.29, 0.717) is 77.5 Å². The Kier molecular flexibility index (Phi) is 8.65. The molecule has 2 bridgehead atoms. The Bertz CT molecular complexity index is 3450. The van der Waals surface area contributed by atoms with Gasteiger partial charge in [0.05, 0.1) is 45.8 Å². The van der Waals surface area contributed by atoms with Crippen LogP contribution < -0.4 is 11.4 Å². The second-order valence-electron chi connectivity index (χ2n) is 19.5. The van der Waals surface area contributed by atoms with Gasteiger partial charge in [-0.15, -0.1) is 0 Å². The summed E-state index contributed by atoms with van der Waals surface area (Å²) in [5.41, 5.74) is 4.22. The molecular formula is C49H48F2N10O5. The van der Waals surface area contributed by atoms with Gasteiger partial charge in [0.2, 0.25) is 0 Å². The van der Waals surface area contributed by atoms with Crippen LogP contribution in [0, 0.1) is 31.4 Å². The summed E-state index contributed by atoms with van der Waals surface area (Å²) in [7, 11) is 1.72. The molecule has 2 saturated heterocycles. The number of fused-ring (bicyclic) bond motifs is 6. The van der Waals surface area contributed by atoms with Gasteiger partial charge in [0.25, 0.3) is 5.91 Å². The molecule has 1 saturated carbocycles. The summed E-state index contributed by atoms with van der Waals surface area (Å²) in [6.45, 7) is 10.3. The summed E-state index contributed by atoms with van der Waals surface area (Å²) in [5, 5.41) is 14.7. The van der Waals surface area contributed by atoms with Crippen LogP contribution in [0.15, 0.2) is 81.2 Å². The van der Waals surface area contributed by atoms with Crippen molar-refractivity contribution in [1.82, 2.24) is 48.3 Å². The zero-order valence-electron chi connectivity index (χ0n) is 37.4. The highest BCUT2D eigenvalue weighted by Gasteiger charge is 2.59. The highest BCUT2D eigenvalue weighted by Crippen LogP contribution is 2.57. The number of nitrogens with one attached hydrogen (secondary N) is 1. The number of nitrogens with zero attached hydrogens (tertiary/aromatic N) is 9. The molecule has 4 aliphatic rings. The maximum absolute atomic E-state index is 16.2. The maximum Gasteiger partial charge on any atom is 0.438 e. The molecule has 8 heterocycles. The number of rotatable bonds is 7. The van der Waals surface area contributed by atoms with E-state index in [1.54, 1.807) is 60.7 Å². The van der Waals surface area contributed by atoms with Crippen molar-refractivity contribution in [2.45, 2.75) is 102 Å². The predicted molar refractivity (Wildman–Crippen MR) is 240 cm³/mol. The number of hydrogen-bond donors (Lipinski definition) is 1. The van der Waals surface area contributed by atoms with E-state index in [9.17, 15) is 9.59 Å². The number of aromatic amines is 1. The van der Waals surface area contributed by atoms with Crippen molar-refractivity contribution in [2.24, 2.45) is 13.0 Å². The van der Waals surface area contributed by atoms with Gasteiger partial charge >= 0.3 is 11.4 Å². The normalized spacial score (nSPS) is 23.3. The van der Waals surface area contributed by atoms with Gasteiger partial charge in [-0.3, -0.25) is 28.1 Å². The minimum Gasteiger partial charge on any atom is -0.376 e. The maximum atomic E-state index is 16.2. The molecule has 0 spiro atoms. The Hall–Kier alpha value is -6.88. The van der Waals surface area contributed by atoms with Crippen LogP contribution in [0.3, 0.4) is 0 Å². The van der Waals surface area contributed by atoms with Crippen LogP contribution in [0.4, 0.5) is 8.78 Å². The summed E-state index contributed by atoms with van der Waals surface area (Å²) < 4.78 is 50.5. The Morgan fingerprint density at radius 3 is 2.41 bits per heavy atom. The van der Waals surface area contributed by atoms with Crippen LogP contribution in [-0.2, 0) is 23.7 Å². The molecule has 3 fully saturated rings. The standard InChI is InChI=1S/C49H48F2N10O5/c1-25-17-32(18-26(2)41(25)50)61-43(58-15-14-57(47(58)64)38-12-11-36-33(42(38)51)24-52-56(36)6)40-34(54-61)21-31-8-10-37(40)59(31)44(62)39-20-30-19-28(29-13-16-65-48(4,5)23-29)7-9-35(30)60(39)49(22-27(49)3)45-53-46(63)66-55-45/h7,9,11-12,14-15,17-20,24,27,29,31,37H,8,10,13,16,21-23H2,1-6H3,(H,53,55,63)/t27-,29-,31-,37?,49-/m0/s1. The Morgan fingerprint density at radius 1 is 0.924 bits per heavy atom. The zero-order valence-corrected chi connectivity index (χ0v) is 37.4. The lowest BCUT2D eigenvalue weighted by Gasteiger charge is -2.36. The molecule has 15 nitrogen and oxygen atoms in total. The van der Waals surface area contributed by atoms with Crippen LogP contribution in [0.2, 0.25) is 0 Å². The van der Waals surface area contributed by atoms with Gasteiger partial charge < -0.3 is 14.2 Å². The highest BCUT2D eigenvalue weighted by molar-refractivity contribution is 6.00. The average Bonchev–Trinajstić information content (AvgIpc) is 3.99. The van der Waals surface area contributed by atoms with Crippen molar-refractivity contribution in [2.75, 3.05) is 6.61 Å². The molecule has 12 rings (SSSR count). The molecule has 3 aliphatic heterocycles. The minimum atomic E-state index is -0.847. The van der Waals surface area contributed by atoms with Crippen molar-refractivity contribution < 1.29 is 22.8 Å². The fraction of sp³-hybridized carbons (Fsp3) is 0.388. The van der Waals surface area contributed by atoms with Crippen molar-refractivity contribution >= 4 is 27.7 Å². The summed E-state index contributed by atoms with van der Waals surface area (Å²) in [4.78, 5) is 47.8. The second kappa shape index (κ2) is 14.1. The summed E-state index contributed by atoms with van der Waals surface area (Å²) >= 11 is 0. The quantitative estimate of drug-likeness (QED) is 0.172. The fourth-order valence-electron chi connectivity index (χ4n) is 11.7. The minimum absolute atomic E-state index is 0.00752. The number of carbonyl (C=O) groups excluding carboxylic acids is 1. The van der Waals surface area contributed by atoms with E-state index in [0.717, 1.165) is 29.4 Å². The van der Waals surface area contributed by atoms with Crippen LogP contribution >= 0.6 is 0 Å². The Balaban J connectivity index is 1.02. The molecule has 3 aromatic carbocycles. The van der Waals surface area contributed by atoms with Gasteiger partial charge in [-0.2, -0.15) is 10.2 Å². The number of ether oxygens (including phenoxy) is 1. The van der Waals surface area contributed by atoms with Crippen LogP contribution in [0.1, 0.15) is 109 Å². The third-order valence-corrected chi connectivity index (χ3v) is 15.0. The fourth-order valence-corrected chi connectivity index (χ4v) is 11.7. The van der Waals surface area contributed by atoms with Gasteiger partial charge in [0.15, 0.2) is 11.6 Å². The smallest absolute Gasteiger partial charge is 0.376 e. The topological polar surface area (TPSA) is 156 Å². The number of carbonyl (C=O) groups is 1. The van der Waals surface area contributed by atoms with Crippen molar-refractivity contribution in [3.05, 3.63) is 139 Å². The molecule has 1 aliphatic carbocycles. The number of aromatic nitrogens is 9. The third-order valence-electron chi connectivity index (χ3n) is 15.0. The molecule has 1 unspecified atom stereocenters. The third kappa shape index (κ3) is 5.80. The van der Waals surface area contributed by atoms with Crippen LogP contribution in [0.5, 0.6) is 0 Å². The number of halogens is 2. The molecular weight excluding hydrogens is 847 g/mol. The molecule has 17 heteroatoms. The van der Waals surface area contributed by atoms with Crippen LogP contribution in [-0.4, -0.2) is 72.5 Å². The van der Waals surface area contributed by atoms with E-state index in [1.807, 2.05) is 11.0 Å². The SMILES string of the molecule is Cc1cc(-n2nc3c(c2-n2ccn(-c4ccc5c(cnn5C)c4F)c2=O)C2CC[C@@H](C3)N2C(=O)c2cc3cc([C@H]4CCOC(C)(C)C4)ccc3n2[C@@]2(c3noc(=O)[nH]3)C[C@@H]2C)cc(C)c1F. The van der Waals surface area contributed by atoms with E-state index in [1.165, 1.54) is 27.1 Å². The second-order valence-corrected chi connectivity index (χ2v) is 19.5. The first kappa shape index (κ1) is 40.6. The van der Waals surface area contributed by atoms with E-state index in [-0.39, 0.29) is 46.3 Å². The van der Waals surface area contributed by atoms with Gasteiger partial charge in [-0.05, 0) is 131 Å². The highest BCUT2D eigenvalue weighted by atomic mass is 19.1. The molecule has 5 atom stereocenters. The van der Waals surface area contributed by atoms with Gasteiger partial charge in [-0.25, -0.2) is 23.1 Å². The lowest BCUT2D eigenvalue weighted by molar-refractivity contribution is -0.0592. The molecule has 1 N–H and O–H groups in total. The first-order valence-electron chi connectivity index (χ1n) is 22.6. The summed E-state index contributed by atoms with van der Waals surface area (Å²) in [5.74, 6) is -0.764. The number of benzene rings is 3. The number of H-pyrrole nitrogens is 1. The molecule has 66 heavy (non-hydrogen) atoms. The van der Waals surface area contributed by atoms with Gasteiger partial charge in [0, 0.05) is 55.0 Å². The largest absolute Gasteiger partial charge is 0.438 e. The average molecular weight is 895 g/mol. The molecule has 338 valence electrons. The number of hydrogen-bond acceptors (Lipinski definition) is 8. The number of imidazole rings is 1. The molecule has 0 radical (unpaired) electrons. The number of amides is 1. The lowest BCUT2D eigenvalue weighted by Crippen LogP contribution is -2.43. The monoisotopic (exact) mass is 894 g/mol. The number of aryl methyl sites for hydroxylation is 3. The van der Waals surface area contributed by atoms with E-state index < -0.39 is 28.8 Å². The van der Waals surface area contributed by atoms with Gasteiger partial charge in [-0.1, -0.05) is 18.1 Å². The Labute approximate surface area is 376 Å². The molecule has 1 amide bonds. The zero-order chi connectivity index (χ0) is 45.7. The van der Waals surface area contributed by atoms with E-state index >= 15 is 13.6 Å². The van der Waals surface area contributed by atoms with E-state index in [4.69, 9.17) is 14.4 Å². The van der Waals surface area contributed by atoms with Crippen molar-refractivity contribution in [1.29, 1.82) is 0 Å². The summed E-state index contributed by atoms with van der Waals surface area (Å²) in [6, 6.07) is 14.3. The Morgan fingerprint density at radius 2 is 1.68 bits per heavy atom. The van der Waals surface area contributed by atoms with Crippen molar-refractivity contribution in [3.63, 3.8) is 0 Å². The van der Waals surface area contributed by atoms with Crippen LogP contribution in [0.25, 0.3) is 39.0 Å². The predicted octanol–water partition coefficient (Wildman–Crippen LogP) is 7.58. The molecule has 8 aromatic rings.